The molecule has 0 spiro atoms. The van der Waals surface area contributed by atoms with Crippen molar-refractivity contribution in [3.63, 3.8) is 0 Å². The van der Waals surface area contributed by atoms with Crippen LogP contribution in [0.15, 0.2) is 0 Å². The lowest BCUT2D eigenvalue weighted by Gasteiger charge is -2.11. The lowest BCUT2D eigenvalue weighted by Crippen LogP contribution is -2.27. The summed E-state index contributed by atoms with van der Waals surface area (Å²) in [4.78, 5) is 12.5. The fourth-order valence-electron chi connectivity index (χ4n) is 1.06. The summed E-state index contributed by atoms with van der Waals surface area (Å²) < 4.78 is 0. The van der Waals surface area contributed by atoms with Gasteiger partial charge in [-0.3, -0.25) is 4.79 Å². The van der Waals surface area contributed by atoms with Gasteiger partial charge in [-0.15, -0.1) is 0 Å². The molecule has 0 aromatic heterocycles. The van der Waals surface area contributed by atoms with Crippen LogP contribution in [0.3, 0.4) is 0 Å². The van der Waals surface area contributed by atoms with Crippen LogP contribution in [-0.4, -0.2) is 41.1 Å². The van der Waals surface area contributed by atoms with Crippen molar-refractivity contribution >= 4 is 5.91 Å². The number of hydrogen-bond donors (Lipinski definition) is 1. The van der Waals surface area contributed by atoms with Crippen molar-refractivity contribution in [3.05, 3.63) is 0 Å². The molecule has 0 saturated carbocycles. The fraction of sp³-hybridized carbons (Fsp3) is 0.833. The van der Waals surface area contributed by atoms with Gasteiger partial charge in [0, 0.05) is 19.5 Å². The molecule has 1 aliphatic heterocycles. The van der Waals surface area contributed by atoms with E-state index < -0.39 is 0 Å². The number of likely N-dealkylation sites (tertiary alicyclic amines) is 1. The molecule has 1 heterocycles. The first-order valence-electron chi connectivity index (χ1n) is 3.23. The predicted octanol–water partition coefficient (Wildman–Crippen LogP) is -1.22. The largest absolute Gasteiger partial charge is 0.412 e. The average molecular weight is 147 g/mol. The van der Waals surface area contributed by atoms with Gasteiger partial charge in [-0.25, -0.2) is 0 Å². The first-order chi connectivity index (χ1) is 4.34. The van der Waals surface area contributed by atoms with E-state index in [1.165, 1.54) is 0 Å². The Balaban J connectivity index is 0.000000810. The van der Waals surface area contributed by atoms with Gasteiger partial charge in [0.15, 0.2) is 0 Å². The minimum absolute atomic E-state index is 0. The van der Waals surface area contributed by atoms with Crippen molar-refractivity contribution in [1.82, 2.24) is 4.90 Å². The molecule has 1 aliphatic rings. The number of aliphatic hydroxyl groups is 1. The van der Waals surface area contributed by atoms with E-state index in [1.807, 2.05) is 0 Å². The number of hydrogen-bond acceptors (Lipinski definition) is 2. The van der Waals surface area contributed by atoms with E-state index >= 15 is 0 Å². The number of amides is 1. The summed E-state index contributed by atoms with van der Waals surface area (Å²) in [5.41, 5.74) is 0. The smallest absolute Gasteiger partial charge is 0.222 e. The number of carbonyl (C=O) groups is 1. The molecule has 3 N–H and O–H groups in total. The summed E-state index contributed by atoms with van der Waals surface area (Å²) >= 11 is 0. The van der Waals surface area contributed by atoms with E-state index in [-0.39, 0.29) is 18.0 Å². The SMILES string of the molecule is O.O=C1CCCN1CCO. The lowest BCUT2D eigenvalue weighted by atomic mass is 10.4. The highest BCUT2D eigenvalue weighted by Crippen LogP contribution is 2.07. The van der Waals surface area contributed by atoms with Crippen molar-refractivity contribution in [2.24, 2.45) is 0 Å². The Morgan fingerprint density at radius 3 is 2.70 bits per heavy atom. The molecule has 1 saturated heterocycles. The van der Waals surface area contributed by atoms with Crippen LogP contribution in [-0.2, 0) is 4.79 Å². The fourth-order valence-corrected chi connectivity index (χ4v) is 1.06. The van der Waals surface area contributed by atoms with Gasteiger partial charge in [0.2, 0.25) is 5.91 Å². The zero-order valence-electron chi connectivity index (χ0n) is 5.84. The summed E-state index contributed by atoms with van der Waals surface area (Å²) in [6.45, 7) is 1.43. The third kappa shape index (κ3) is 1.97. The van der Waals surface area contributed by atoms with Gasteiger partial charge in [0.05, 0.1) is 6.61 Å². The van der Waals surface area contributed by atoms with Gasteiger partial charge in [-0.05, 0) is 6.42 Å². The van der Waals surface area contributed by atoms with E-state index in [2.05, 4.69) is 0 Å². The Morgan fingerprint density at radius 1 is 1.60 bits per heavy atom. The Hall–Kier alpha value is -0.610. The second-order valence-electron chi connectivity index (χ2n) is 2.21. The average Bonchev–Trinajstić information content (AvgIpc) is 2.18. The van der Waals surface area contributed by atoms with Crippen molar-refractivity contribution in [2.45, 2.75) is 12.8 Å². The zero-order valence-corrected chi connectivity index (χ0v) is 5.84. The molecule has 1 rings (SSSR count). The normalized spacial score (nSPS) is 17.3. The second kappa shape index (κ2) is 4.24. The van der Waals surface area contributed by atoms with Gasteiger partial charge in [0.1, 0.15) is 0 Å². The zero-order chi connectivity index (χ0) is 6.69. The lowest BCUT2D eigenvalue weighted by molar-refractivity contribution is -0.128. The highest BCUT2D eigenvalue weighted by Gasteiger charge is 2.18. The molecule has 1 fully saturated rings. The van der Waals surface area contributed by atoms with Gasteiger partial charge < -0.3 is 15.5 Å². The molecule has 0 unspecified atom stereocenters. The summed E-state index contributed by atoms with van der Waals surface area (Å²) in [6.07, 6.45) is 1.62. The highest BCUT2D eigenvalue weighted by atomic mass is 16.3. The molecule has 0 aromatic carbocycles. The van der Waals surface area contributed by atoms with Crippen molar-refractivity contribution in [3.8, 4) is 0 Å². The number of nitrogens with zero attached hydrogens (tertiary/aromatic N) is 1. The van der Waals surface area contributed by atoms with Crippen LogP contribution < -0.4 is 0 Å². The van der Waals surface area contributed by atoms with Crippen LogP contribution in [0.4, 0.5) is 0 Å². The van der Waals surface area contributed by atoms with Crippen molar-refractivity contribution in [2.75, 3.05) is 19.7 Å². The van der Waals surface area contributed by atoms with E-state index in [4.69, 9.17) is 5.11 Å². The molecular formula is C6H13NO3. The first-order valence-corrected chi connectivity index (χ1v) is 3.23. The monoisotopic (exact) mass is 147 g/mol. The predicted molar refractivity (Wildman–Crippen MR) is 36.5 cm³/mol. The number of rotatable bonds is 2. The molecule has 0 bridgehead atoms. The van der Waals surface area contributed by atoms with Gasteiger partial charge in [-0.1, -0.05) is 0 Å². The standard InChI is InChI=1S/C6H11NO2.H2O/c8-5-4-7-3-1-2-6(7)9;/h8H,1-5H2;1H2. The topological polar surface area (TPSA) is 72.0 Å². The van der Waals surface area contributed by atoms with Crippen molar-refractivity contribution < 1.29 is 15.4 Å². The molecule has 10 heavy (non-hydrogen) atoms. The maximum atomic E-state index is 10.8. The maximum absolute atomic E-state index is 10.8. The Kier molecular flexibility index (Phi) is 3.99. The van der Waals surface area contributed by atoms with Crippen LogP contribution in [0.1, 0.15) is 12.8 Å². The molecule has 60 valence electrons. The Bertz CT molecular complexity index is 116. The molecule has 0 radical (unpaired) electrons. The van der Waals surface area contributed by atoms with Gasteiger partial charge >= 0.3 is 0 Å². The second-order valence-corrected chi connectivity index (χ2v) is 2.21. The first kappa shape index (κ1) is 9.39. The highest BCUT2D eigenvalue weighted by molar-refractivity contribution is 5.77. The number of aliphatic hydroxyl groups excluding tert-OH is 1. The van der Waals surface area contributed by atoms with Crippen LogP contribution >= 0.6 is 0 Å². The summed E-state index contributed by atoms with van der Waals surface area (Å²) in [5.74, 6) is 0.184. The Morgan fingerprint density at radius 2 is 2.30 bits per heavy atom. The summed E-state index contributed by atoms with van der Waals surface area (Å²) in [5, 5.41) is 8.45. The van der Waals surface area contributed by atoms with Gasteiger partial charge in [-0.2, -0.15) is 0 Å². The van der Waals surface area contributed by atoms with E-state index in [9.17, 15) is 4.79 Å². The molecular weight excluding hydrogens is 134 g/mol. The van der Waals surface area contributed by atoms with Crippen LogP contribution in [0.25, 0.3) is 0 Å². The maximum Gasteiger partial charge on any atom is 0.222 e. The Labute approximate surface area is 59.8 Å². The minimum Gasteiger partial charge on any atom is -0.412 e. The van der Waals surface area contributed by atoms with Crippen LogP contribution in [0.2, 0.25) is 0 Å². The van der Waals surface area contributed by atoms with E-state index in [1.54, 1.807) is 4.90 Å². The summed E-state index contributed by atoms with van der Waals surface area (Å²) in [7, 11) is 0. The third-order valence-electron chi connectivity index (χ3n) is 1.54. The minimum atomic E-state index is 0. The molecule has 0 atom stereocenters. The number of carbonyl (C=O) groups excluding carboxylic acids is 1. The molecule has 4 nitrogen and oxygen atoms in total. The van der Waals surface area contributed by atoms with Gasteiger partial charge in [0.25, 0.3) is 0 Å². The molecule has 4 heteroatoms. The van der Waals surface area contributed by atoms with Crippen LogP contribution in [0.5, 0.6) is 0 Å². The molecule has 0 aromatic rings. The van der Waals surface area contributed by atoms with E-state index in [0.29, 0.717) is 13.0 Å². The third-order valence-corrected chi connectivity index (χ3v) is 1.54. The van der Waals surface area contributed by atoms with E-state index in [0.717, 1.165) is 13.0 Å². The quantitative estimate of drug-likeness (QED) is 0.531. The molecule has 0 aliphatic carbocycles. The van der Waals surface area contributed by atoms with Crippen LogP contribution in [0, 0.1) is 0 Å². The molecule has 1 amide bonds. The van der Waals surface area contributed by atoms with Crippen molar-refractivity contribution in [1.29, 1.82) is 0 Å². The number of β-amino-alcohol motifs (C(OH)–C–C–N with tert-alkyl or cyclic N) is 1. The summed E-state index contributed by atoms with van der Waals surface area (Å²) in [6, 6.07) is 0.